The van der Waals surface area contributed by atoms with E-state index in [0.29, 0.717) is 10.0 Å². The molecule has 0 saturated carbocycles. The topological polar surface area (TPSA) is 83.7 Å². The number of amides is 1. The molecule has 0 fully saturated rings. The summed E-state index contributed by atoms with van der Waals surface area (Å²) < 4.78 is 0.523. The monoisotopic (exact) mass is 288 g/mol. The lowest BCUT2D eigenvalue weighted by atomic mass is 10.2. The van der Waals surface area contributed by atoms with Gasteiger partial charge in [0.2, 0.25) is 0 Å². The Balaban J connectivity index is 3.11. The zero-order valence-corrected chi connectivity index (χ0v) is 9.97. The SMILES string of the molecule is CN(Cc1c(Br)cccc1[N+](=O)[O-])C(=O)O. The molecule has 1 N–H and O–H groups in total. The molecular weight excluding hydrogens is 280 g/mol. The second-order valence-corrected chi connectivity index (χ2v) is 3.99. The fourth-order valence-corrected chi connectivity index (χ4v) is 1.66. The standard InChI is InChI=1S/C9H9BrN2O4/c1-11(9(13)14)5-6-7(10)3-2-4-8(6)12(15)16/h2-4H,5H2,1H3,(H,13,14). The predicted octanol–water partition coefficient (Wildman–Crippen LogP) is 2.47. The Morgan fingerprint density at radius 1 is 1.62 bits per heavy atom. The van der Waals surface area contributed by atoms with Crippen molar-refractivity contribution in [2.45, 2.75) is 6.54 Å². The summed E-state index contributed by atoms with van der Waals surface area (Å²) >= 11 is 3.17. The molecule has 1 aromatic carbocycles. The minimum atomic E-state index is -1.13. The largest absolute Gasteiger partial charge is 0.465 e. The molecule has 0 heterocycles. The second-order valence-electron chi connectivity index (χ2n) is 3.13. The fraction of sp³-hybridized carbons (Fsp3) is 0.222. The van der Waals surface area contributed by atoms with Crippen LogP contribution in [-0.4, -0.2) is 28.1 Å². The Kier molecular flexibility index (Phi) is 3.83. The normalized spacial score (nSPS) is 9.88. The van der Waals surface area contributed by atoms with Crippen molar-refractivity contribution in [2.75, 3.05) is 7.05 Å². The van der Waals surface area contributed by atoms with Crippen molar-refractivity contribution in [1.29, 1.82) is 0 Å². The number of carbonyl (C=O) groups is 1. The van der Waals surface area contributed by atoms with Gasteiger partial charge < -0.3 is 10.0 Å². The number of hydrogen-bond donors (Lipinski definition) is 1. The van der Waals surface area contributed by atoms with Crippen molar-refractivity contribution < 1.29 is 14.8 Å². The Hall–Kier alpha value is -1.63. The first kappa shape index (κ1) is 12.4. The van der Waals surface area contributed by atoms with Crippen molar-refractivity contribution in [3.63, 3.8) is 0 Å². The van der Waals surface area contributed by atoms with E-state index in [1.54, 1.807) is 6.07 Å². The summed E-state index contributed by atoms with van der Waals surface area (Å²) in [4.78, 5) is 21.8. The molecule has 6 nitrogen and oxygen atoms in total. The molecular formula is C9H9BrN2O4. The van der Waals surface area contributed by atoms with E-state index in [2.05, 4.69) is 15.9 Å². The Labute approximate surface area is 99.8 Å². The molecule has 1 aromatic rings. The Morgan fingerprint density at radius 3 is 2.75 bits per heavy atom. The van der Waals surface area contributed by atoms with Crippen LogP contribution in [0.2, 0.25) is 0 Å². The Bertz CT molecular complexity index is 436. The fourth-order valence-electron chi connectivity index (χ4n) is 1.18. The third-order valence-corrected chi connectivity index (χ3v) is 2.76. The molecule has 1 rings (SSSR count). The third-order valence-electron chi connectivity index (χ3n) is 2.01. The summed E-state index contributed by atoms with van der Waals surface area (Å²) in [6.45, 7) is -0.0347. The van der Waals surface area contributed by atoms with E-state index in [9.17, 15) is 14.9 Å². The highest BCUT2D eigenvalue weighted by Crippen LogP contribution is 2.27. The molecule has 1 amide bonds. The van der Waals surface area contributed by atoms with Gasteiger partial charge in [-0.1, -0.05) is 22.0 Å². The van der Waals surface area contributed by atoms with Crippen LogP contribution >= 0.6 is 15.9 Å². The zero-order valence-electron chi connectivity index (χ0n) is 8.38. The van der Waals surface area contributed by atoms with Crippen LogP contribution in [0.1, 0.15) is 5.56 Å². The molecule has 0 unspecified atom stereocenters. The van der Waals surface area contributed by atoms with Crippen LogP contribution in [0.25, 0.3) is 0 Å². The van der Waals surface area contributed by atoms with E-state index < -0.39 is 11.0 Å². The number of halogens is 1. The first-order valence-corrected chi connectivity index (χ1v) is 5.08. The van der Waals surface area contributed by atoms with Gasteiger partial charge in [-0.3, -0.25) is 10.1 Å². The minimum absolute atomic E-state index is 0.0347. The molecule has 0 bridgehead atoms. The van der Waals surface area contributed by atoms with E-state index in [-0.39, 0.29) is 12.2 Å². The first-order chi connectivity index (χ1) is 7.43. The molecule has 0 aliphatic rings. The van der Waals surface area contributed by atoms with E-state index in [1.165, 1.54) is 19.2 Å². The zero-order chi connectivity index (χ0) is 12.3. The summed E-state index contributed by atoms with van der Waals surface area (Å²) in [5, 5.41) is 19.4. The summed E-state index contributed by atoms with van der Waals surface area (Å²) in [5.74, 6) is 0. The molecule has 0 atom stereocenters. The number of carboxylic acid groups (broad SMARTS) is 1. The predicted molar refractivity (Wildman–Crippen MR) is 60.3 cm³/mol. The van der Waals surface area contributed by atoms with Crippen LogP contribution in [-0.2, 0) is 6.54 Å². The number of nitro groups is 1. The van der Waals surface area contributed by atoms with Gasteiger partial charge in [0.1, 0.15) is 0 Å². The molecule has 0 radical (unpaired) electrons. The van der Waals surface area contributed by atoms with Crippen molar-refractivity contribution >= 4 is 27.7 Å². The lowest BCUT2D eigenvalue weighted by Gasteiger charge is -2.13. The number of rotatable bonds is 3. The van der Waals surface area contributed by atoms with Crippen molar-refractivity contribution in [2.24, 2.45) is 0 Å². The van der Waals surface area contributed by atoms with Gasteiger partial charge >= 0.3 is 6.09 Å². The van der Waals surface area contributed by atoms with Crippen molar-refractivity contribution in [3.05, 3.63) is 38.3 Å². The van der Waals surface area contributed by atoms with Gasteiger partial charge in [-0.2, -0.15) is 0 Å². The van der Waals surface area contributed by atoms with E-state index in [0.717, 1.165) is 4.90 Å². The molecule has 0 saturated heterocycles. The van der Waals surface area contributed by atoms with Crippen LogP contribution in [0.3, 0.4) is 0 Å². The van der Waals surface area contributed by atoms with Crippen LogP contribution < -0.4 is 0 Å². The van der Waals surface area contributed by atoms with Gasteiger partial charge in [0.25, 0.3) is 5.69 Å². The van der Waals surface area contributed by atoms with E-state index in [1.807, 2.05) is 0 Å². The highest BCUT2D eigenvalue weighted by Gasteiger charge is 2.19. The number of benzene rings is 1. The average molecular weight is 289 g/mol. The third kappa shape index (κ3) is 2.69. The van der Waals surface area contributed by atoms with Crippen LogP contribution in [0.4, 0.5) is 10.5 Å². The van der Waals surface area contributed by atoms with Gasteiger partial charge in [0.15, 0.2) is 0 Å². The molecule has 86 valence electrons. The van der Waals surface area contributed by atoms with Gasteiger partial charge in [0.05, 0.1) is 17.0 Å². The number of nitrogens with zero attached hydrogens (tertiary/aromatic N) is 2. The van der Waals surface area contributed by atoms with E-state index in [4.69, 9.17) is 5.11 Å². The first-order valence-electron chi connectivity index (χ1n) is 4.29. The molecule has 0 aliphatic carbocycles. The van der Waals surface area contributed by atoms with Gasteiger partial charge in [-0.05, 0) is 6.07 Å². The van der Waals surface area contributed by atoms with Gasteiger partial charge in [-0.15, -0.1) is 0 Å². The summed E-state index contributed by atoms with van der Waals surface area (Å²) in [6, 6.07) is 4.51. The van der Waals surface area contributed by atoms with Gasteiger partial charge in [-0.25, -0.2) is 4.79 Å². The minimum Gasteiger partial charge on any atom is -0.465 e. The van der Waals surface area contributed by atoms with Crippen molar-refractivity contribution in [1.82, 2.24) is 4.90 Å². The summed E-state index contributed by atoms with van der Waals surface area (Å²) in [6.07, 6.45) is -1.13. The van der Waals surface area contributed by atoms with Crippen molar-refractivity contribution in [3.8, 4) is 0 Å². The lowest BCUT2D eigenvalue weighted by molar-refractivity contribution is -0.385. The maximum absolute atomic E-state index is 10.7. The smallest absolute Gasteiger partial charge is 0.407 e. The van der Waals surface area contributed by atoms with Crippen LogP contribution in [0.5, 0.6) is 0 Å². The lowest BCUT2D eigenvalue weighted by Crippen LogP contribution is -2.24. The van der Waals surface area contributed by atoms with Gasteiger partial charge in [0, 0.05) is 17.6 Å². The van der Waals surface area contributed by atoms with E-state index >= 15 is 0 Å². The number of hydrogen-bond acceptors (Lipinski definition) is 3. The number of nitro benzene ring substituents is 1. The Morgan fingerprint density at radius 2 is 2.25 bits per heavy atom. The summed E-state index contributed by atoms with van der Waals surface area (Å²) in [5.41, 5.74) is 0.250. The molecule has 0 aliphatic heterocycles. The second kappa shape index (κ2) is 4.93. The average Bonchev–Trinajstić information content (AvgIpc) is 2.20. The van der Waals surface area contributed by atoms with Crippen LogP contribution in [0.15, 0.2) is 22.7 Å². The highest BCUT2D eigenvalue weighted by molar-refractivity contribution is 9.10. The molecule has 0 spiro atoms. The maximum atomic E-state index is 10.7. The quantitative estimate of drug-likeness (QED) is 0.684. The van der Waals surface area contributed by atoms with Crippen LogP contribution in [0, 0.1) is 10.1 Å². The molecule has 7 heteroatoms. The molecule has 16 heavy (non-hydrogen) atoms. The maximum Gasteiger partial charge on any atom is 0.407 e. The summed E-state index contributed by atoms with van der Waals surface area (Å²) in [7, 11) is 1.35. The molecule has 0 aromatic heterocycles. The highest BCUT2D eigenvalue weighted by atomic mass is 79.9.